The second kappa shape index (κ2) is 4.54. The molecule has 0 aliphatic heterocycles. The van der Waals surface area contributed by atoms with E-state index in [1.807, 2.05) is 13.8 Å². The summed E-state index contributed by atoms with van der Waals surface area (Å²) in [6.45, 7) is 7.51. The zero-order chi connectivity index (χ0) is 9.72. The molecular weight excluding hydrogens is 156 g/mol. The number of rotatable bonds is 1. The average molecular weight is 170 g/mol. The first-order valence-electron chi connectivity index (χ1n) is 3.87. The Bertz CT molecular complexity index is 266. The maximum Gasteiger partial charge on any atom is 0.356 e. The zero-order valence-electron chi connectivity index (χ0n) is 7.80. The van der Waals surface area contributed by atoms with Crippen LogP contribution in [0.15, 0.2) is 0 Å². The van der Waals surface area contributed by atoms with Gasteiger partial charge in [-0.2, -0.15) is 5.10 Å². The zero-order valence-corrected chi connectivity index (χ0v) is 7.80. The lowest BCUT2D eigenvalue weighted by atomic mass is 10.2. The molecule has 0 atom stereocenters. The first kappa shape index (κ1) is 10.7. The third-order valence-electron chi connectivity index (χ3n) is 1.46. The summed E-state index contributed by atoms with van der Waals surface area (Å²) in [5, 5.41) is 14.7. The molecule has 0 spiro atoms. The molecule has 1 heterocycles. The summed E-state index contributed by atoms with van der Waals surface area (Å²) in [5.41, 5.74) is 1.61. The van der Waals surface area contributed by atoms with Crippen LogP contribution < -0.4 is 0 Å². The molecule has 1 aromatic heterocycles. The Morgan fingerprint density at radius 1 is 1.42 bits per heavy atom. The number of carbonyl (C=O) groups is 1. The number of aromatic carboxylic acids is 1. The number of hydrogen-bond donors (Lipinski definition) is 2. The molecule has 0 amide bonds. The molecule has 0 saturated heterocycles. The van der Waals surface area contributed by atoms with Crippen LogP contribution >= 0.6 is 0 Å². The van der Waals surface area contributed by atoms with Crippen molar-refractivity contribution in [1.82, 2.24) is 10.2 Å². The summed E-state index contributed by atoms with van der Waals surface area (Å²) in [5.74, 6) is -0.984. The monoisotopic (exact) mass is 170 g/mol. The number of nitrogens with zero attached hydrogens (tertiary/aromatic N) is 1. The van der Waals surface area contributed by atoms with Gasteiger partial charge < -0.3 is 5.11 Å². The summed E-state index contributed by atoms with van der Waals surface area (Å²) >= 11 is 0. The van der Waals surface area contributed by atoms with Gasteiger partial charge in [-0.15, -0.1) is 0 Å². The Hall–Kier alpha value is -1.32. The molecule has 0 bridgehead atoms. The van der Waals surface area contributed by atoms with Crippen molar-refractivity contribution in [3.63, 3.8) is 0 Å². The highest BCUT2D eigenvalue weighted by Crippen LogP contribution is 2.06. The number of hydrogen-bond acceptors (Lipinski definition) is 2. The third kappa shape index (κ3) is 2.08. The van der Waals surface area contributed by atoms with Gasteiger partial charge >= 0.3 is 5.97 Å². The average Bonchev–Trinajstić information content (AvgIpc) is 2.37. The second-order valence-corrected chi connectivity index (χ2v) is 2.13. The fourth-order valence-corrected chi connectivity index (χ4v) is 0.693. The number of carboxylic acids is 1. The van der Waals surface area contributed by atoms with Crippen LogP contribution in [0.3, 0.4) is 0 Å². The fourth-order valence-electron chi connectivity index (χ4n) is 0.693. The van der Waals surface area contributed by atoms with Gasteiger partial charge in [0.05, 0.1) is 0 Å². The van der Waals surface area contributed by atoms with Crippen LogP contribution in [0.2, 0.25) is 0 Å². The van der Waals surface area contributed by atoms with Crippen molar-refractivity contribution in [3.05, 3.63) is 17.0 Å². The van der Waals surface area contributed by atoms with Crippen molar-refractivity contribution < 1.29 is 9.90 Å². The first-order valence-corrected chi connectivity index (χ1v) is 3.87. The summed E-state index contributed by atoms with van der Waals surface area (Å²) in [7, 11) is 0. The molecule has 4 heteroatoms. The van der Waals surface area contributed by atoms with Gasteiger partial charge in [-0.1, -0.05) is 13.8 Å². The molecule has 0 aliphatic rings. The van der Waals surface area contributed by atoms with Crippen molar-refractivity contribution in [2.24, 2.45) is 0 Å². The number of aryl methyl sites for hydroxylation is 1. The standard InChI is InChI=1S/C6H8N2O2.C2H6/c1-3-4(2)7-8-5(3)6(9)10;1-2/h1-2H3,(H,7,8)(H,9,10);1-2H3. The van der Waals surface area contributed by atoms with Crippen LogP contribution in [0.1, 0.15) is 35.6 Å². The molecule has 0 radical (unpaired) electrons. The van der Waals surface area contributed by atoms with Crippen LogP contribution in [-0.4, -0.2) is 21.3 Å². The van der Waals surface area contributed by atoms with E-state index in [0.717, 1.165) is 5.69 Å². The minimum atomic E-state index is -0.984. The number of carboxylic acid groups (broad SMARTS) is 1. The number of aromatic amines is 1. The van der Waals surface area contributed by atoms with E-state index >= 15 is 0 Å². The summed E-state index contributed by atoms with van der Waals surface area (Å²) in [6.07, 6.45) is 0. The van der Waals surface area contributed by atoms with Crippen LogP contribution in [0.25, 0.3) is 0 Å². The molecule has 0 aromatic carbocycles. The van der Waals surface area contributed by atoms with Crippen LogP contribution in [0.4, 0.5) is 0 Å². The molecule has 2 N–H and O–H groups in total. The highest BCUT2D eigenvalue weighted by Gasteiger charge is 2.11. The number of H-pyrrole nitrogens is 1. The molecule has 1 aromatic rings. The molecule has 0 fully saturated rings. The molecule has 4 nitrogen and oxygen atoms in total. The Morgan fingerprint density at radius 2 is 1.92 bits per heavy atom. The van der Waals surface area contributed by atoms with Gasteiger partial charge in [-0.05, 0) is 13.8 Å². The molecule has 0 unspecified atom stereocenters. The summed E-state index contributed by atoms with van der Waals surface area (Å²) in [4.78, 5) is 10.4. The minimum Gasteiger partial charge on any atom is -0.476 e. The van der Waals surface area contributed by atoms with Crippen LogP contribution in [0.5, 0.6) is 0 Å². The SMILES string of the molecule is CC.Cc1[nH]nc(C(=O)O)c1C. The lowest BCUT2D eigenvalue weighted by Crippen LogP contribution is -1.98. The Labute approximate surface area is 71.6 Å². The van der Waals surface area contributed by atoms with Crippen molar-refractivity contribution in [2.45, 2.75) is 27.7 Å². The molecule has 12 heavy (non-hydrogen) atoms. The van der Waals surface area contributed by atoms with E-state index in [4.69, 9.17) is 5.11 Å². The largest absolute Gasteiger partial charge is 0.476 e. The fraction of sp³-hybridized carbons (Fsp3) is 0.500. The Kier molecular flexibility index (Phi) is 4.04. The van der Waals surface area contributed by atoms with E-state index in [2.05, 4.69) is 10.2 Å². The van der Waals surface area contributed by atoms with E-state index < -0.39 is 5.97 Å². The maximum atomic E-state index is 10.4. The smallest absolute Gasteiger partial charge is 0.356 e. The number of nitrogens with one attached hydrogen (secondary N) is 1. The second-order valence-electron chi connectivity index (χ2n) is 2.13. The van der Waals surface area contributed by atoms with E-state index in [9.17, 15) is 4.79 Å². The molecule has 68 valence electrons. The van der Waals surface area contributed by atoms with E-state index in [-0.39, 0.29) is 5.69 Å². The molecule has 0 saturated carbocycles. The Morgan fingerprint density at radius 3 is 2.08 bits per heavy atom. The predicted molar refractivity (Wildman–Crippen MR) is 46.4 cm³/mol. The quantitative estimate of drug-likeness (QED) is 0.674. The predicted octanol–water partition coefficient (Wildman–Crippen LogP) is 1.75. The van der Waals surface area contributed by atoms with Crippen molar-refractivity contribution in [1.29, 1.82) is 0 Å². The molecule has 1 rings (SSSR count). The van der Waals surface area contributed by atoms with Crippen LogP contribution in [-0.2, 0) is 0 Å². The van der Waals surface area contributed by atoms with Crippen molar-refractivity contribution in [2.75, 3.05) is 0 Å². The Balaban J connectivity index is 0.000000561. The number of aromatic nitrogens is 2. The van der Waals surface area contributed by atoms with Crippen molar-refractivity contribution in [3.8, 4) is 0 Å². The van der Waals surface area contributed by atoms with E-state index in [1.165, 1.54) is 0 Å². The van der Waals surface area contributed by atoms with Crippen LogP contribution in [0, 0.1) is 13.8 Å². The third-order valence-corrected chi connectivity index (χ3v) is 1.46. The molecular formula is C8H14N2O2. The van der Waals surface area contributed by atoms with E-state index in [1.54, 1.807) is 13.8 Å². The summed E-state index contributed by atoms with van der Waals surface area (Å²) in [6, 6.07) is 0. The van der Waals surface area contributed by atoms with Gasteiger partial charge in [0, 0.05) is 11.3 Å². The highest BCUT2D eigenvalue weighted by molar-refractivity contribution is 5.87. The minimum absolute atomic E-state index is 0.109. The van der Waals surface area contributed by atoms with Gasteiger partial charge in [0.2, 0.25) is 0 Å². The van der Waals surface area contributed by atoms with Gasteiger partial charge in [-0.25, -0.2) is 4.79 Å². The van der Waals surface area contributed by atoms with Gasteiger partial charge in [0.15, 0.2) is 5.69 Å². The summed E-state index contributed by atoms with van der Waals surface area (Å²) < 4.78 is 0. The van der Waals surface area contributed by atoms with Gasteiger partial charge in [0.25, 0.3) is 0 Å². The van der Waals surface area contributed by atoms with Gasteiger partial charge in [0.1, 0.15) is 0 Å². The van der Waals surface area contributed by atoms with Crippen molar-refractivity contribution >= 4 is 5.97 Å². The lowest BCUT2D eigenvalue weighted by molar-refractivity contribution is 0.0689. The maximum absolute atomic E-state index is 10.4. The van der Waals surface area contributed by atoms with E-state index in [0.29, 0.717) is 5.56 Å². The first-order chi connectivity index (χ1) is 5.63. The lowest BCUT2D eigenvalue weighted by Gasteiger charge is -1.87. The highest BCUT2D eigenvalue weighted by atomic mass is 16.4. The topological polar surface area (TPSA) is 66.0 Å². The normalized spacial score (nSPS) is 8.67. The van der Waals surface area contributed by atoms with Gasteiger partial charge in [-0.3, -0.25) is 5.10 Å². The molecule has 0 aliphatic carbocycles.